The van der Waals surface area contributed by atoms with E-state index in [-0.39, 0.29) is 5.91 Å². The van der Waals surface area contributed by atoms with Gasteiger partial charge in [-0.3, -0.25) is 4.79 Å². The molecule has 27 heavy (non-hydrogen) atoms. The van der Waals surface area contributed by atoms with E-state index in [2.05, 4.69) is 27.1 Å². The topological polar surface area (TPSA) is 67.3 Å². The summed E-state index contributed by atoms with van der Waals surface area (Å²) in [6, 6.07) is 9.70. The monoisotopic (exact) mass is 368 g/mol. The molecule has 1 N–H and O–H groups in total. The highest BCUT2D eigenvalue weighted by molar-refractivity contribution is 6.04. The molecular formula is C21H28N4O2. The van der Waals surface area contributed by atoms with E-state index in [1.807, 2.05) is 38.1 Å². The molecule has 0 aliphatic carbocycles. The summed E-state index contributed by atoms with van der Waals surface area (Å²) in [6.07, 6.45) is 4.65. The van der Waals surface area contributed by atoms with Gasteiger partial charge in [-0.05, 0) is 51.7 Å². The number of nitrogens with zero attached hydrogens (tertiary/aromatic N) is 3. The van der Waals surface area contributed by atoms with Gasteiger partial charge in [-0.1, -0.05) is 19.1 Å². The average Bonchev–Trinajstić information content (AvgIpc) is 2.69. The number of aromatic nitrogens is 2. The third-order valence-electron chi connectivity index (χ3n) is 4.88. The fraction of sp³-hybridized carbons (Fsp3) is 0.476. The molecule has 1 saturated heterocycles. The van der Waals surface area contributed by atoms with E-state index in [9.17, 15) is 4.79 Å². The van der Waals surface area contributed by atoms with Crippen molar-refractivity contribution in [2.45, 2.75) is 52.5 Å². The second kappa shape index (κ2) is 8.84. The van der Waals surface area contributed by atoms with E-state index in [0.29, 0.717) is 35.6 Å². The van der Waals surface area contributed by atoms with E-state index in [4.69, 9.17) is 4.74 Å². The lowest BCUT2D eigenvalue weighted by Crippen LogP contribution is -2.40. The van der Waals surface area contributed by atoms with Crippen molar-refractivity contribution < 1.29 is 9.53 Å². The maximum absolute atomic E-state index is 12.8. The van der Waals surface area contributed by atoms with Crippen LogP contribution in [0, 0.1) is 6.92 Å². The maximum Gasteiger partial charge on any atom is 0.274 e. The molecule has 6 heteroatoms. The predicted molar refractivity (Wildman–Crippen MR) is 108 cm³/mol. The van der Waals surface area contributed by atoms with Crippen molar-refractivity contribution >= 4 is 17.4 Å². The third-order valence-corrected chi connectivity index (χ3v) is 4.88. The van der Waals surface area contributed by atoms with Gasteiger partial charge in [-0.25, -0.2) is 9.97 Å². The number of hydrogen-bond acceptors (Lipinski definition) is 5. The first-order valence-corrected chi connectivity index (χ1v) is 9.77. The van der Waals surface area contributed by atoms with Crippen LogP contribution < -0.4 is 15.0 Å². The van der Waals surface area contributed by atoms with Crippen molar-refractivity contribution in [3.05, 3.63) is 41.9 Å². The minimum atomic E-state index is -0.251. The standard InChI is InChI=1S/C21H28N4O2/c1-4-16-10-8-9-13-25(16)20-14-18(22-15(3)23-20)21(26)24-17-11-6-7-12-19(17)27-5-2/h6-7,11-12,14,16H,4-5,8-10,13H2,1-3H3,(H,24,26). The number of benzene rings is 1. The molecule has 0 bridgehead atoms. The number of para-hydroxylation sites is 2. The Hall–Kier alpha value is -2.63. The normalized spacial score (nSPS) is 16.9. The lowest BCUT2D eigenvalue weighted by Gasteiger charge is -2.36. The minimum Gasteiger partial charge on any atom is -0.492 e. The van der Waals surface area contributed by atoms with E-state index < -0.39 is 0 Å². The van der Waals surface area contributed by atoms with Crippen LogP contribution in [-0.4, -0.2) is 35.1 Å². The maximum atomic E-state index is 12.8. The minimum absolute atomic E-state index is 0.251. The second-order valence-electron chi connectivity index (χ2n) is 6.79. The van der Waals surface area contributed by atoms with Crippen LogP contribution >= 0.6 is 0 Å². The summed E-state index contributed by atoms with van der Waals surface area (Å²) < 4.78 is 5.59. The molecule has 1 atom stereocenters. The van der Waals surface area contributed by atoms with Gasteiger partial charge in [0.15, 0.2) is 0 Å². The largest absolute Gasteiger partial charge is 0.492 e. The molecule has 3 rings (SSSR count). The molecule has 1 amide bonds. The first-order valence-electron chi connectivity index (χ1n) is 9.77. The fourth-order valence-corrected chi connectivity index (χ4v) is 3.58. The Morgan fingerprint density at radius 1 is 1.26 bits per heavy atom. The van der Waals surface area contributed by atoms with Crippen LogP contribution in [0.5, 0.6) is 5.75 Å². The predicted octanol–water partition coefficient (Wildman–Crippen LogP) is 4.20. The van der Waals surface area contributed by atoms with E-state index in [1.165, 1.54) is 12.8 Å². The summed E-state index contributed by atoms with van der Waals surface area (Å²) in [7, 11) is 0. The number of carbonyl (C=O) groups excluding carboxylic acids is 1. The smallest absolute Gasteiger partial charge is 0.274 e. The molecule has 1 aliphatic heterocycles. The molecule has 1 aromatic carbocycles. The Kier molecular flexibility index (Phi) is 6.27. The Bertz CT molecular complexity index is 794. The molecule has 0 saturated carbocycles. The van der Waals surface area contributed by atoms with Crippen molar-refractivity contribution in [1.82, 2.24) is 9.97 Å². The van der Waals surface area contributed by atoms with E-state index in [1.54, 1.807) is 6.07 Å². The van der Waals surface area contributed by atoms with Crippen LogP contribution in [0.15, 0.2) is 30.3 Å². The number of anilines is 2. The van der Waals surface area contributed by atoms with Gasteiger partial charge in [0.25, 0.3) is 5.91 Å². The number of ether oxygens (including phenoxy) is 1. The molecule has 2 heterocycles. The van der Waals surface area contributed by atoms with Crippen LogP contribution in [0.25, 0.3) is 0 Å². The van der Waals surface area contributed by atoms with Crippen LogP contribution in [0.4, 0.5) is 11.5 Å². The van der Waals surface area contributed by atoms with Gasteiger partial charge in [0.05, 0.1) is 12.3 Å². The highest BCUT2D eigenvalue weighted by Crippen LogP contribution is 2.27. The number of nitrogens with one attached hydrogen (secondary N) is 1. The molecule has 144 valence electrons. The fourth-order valence-electron chi connectivity index (χ4n) is 3.58. The van der Waals surface area contributed by atoms with Gasteiger partial charge in [0.1, 0.15) is 23.1 Å². The van der Waals surface area contributed by atoms with Crippen molar-refractivity contribution in [2.24, 2.45) is 0 Å². The summed E-state index contributed by atoms with van der Waals surface area (Å²) in [5.74, 6) is 1.86. The quantitative estimate of drug-likeness (QED) is 0.827. The Labute approximate surface area is 161 Å². The van der Waals surface area contributed by atoms with Gasteiger partial charge >= 0.3 is 0 Å². The van der Waals surface area contributed by atoms with Crippen molar-refractivity contribution in [3.63, 3.8) is 0 Å². The summed E-state index contributed by atoms with van der Waals surface area (Å²) in [5, 5.41) is 2.92. The molecule has 1 aromatic heterocycles. The number of carbonyl (C=O) groups is 1. The Balaban J connectivity index is 1.84. The van der Waals surface area contributed by atoms with Gasteiger partial charge in [0.2, 0.25) is 0 Å². The first-order chi connectivity index (χ1) is 13.1. The zero-order valence-corrected chi connectivity index (χ0v) is 16.4. The third kappa shape index (κ3) is 4.56. The summed E-state index contributed by atoms with van der Waals surface area (Å²) >= 11 is 0. The van der Waals surface area contributed by atoms with Gasteiger partial charge in [-0.2, -0.15) is 0 Å². The number of hydrogen-bond donors (Lipinski definition) is 1. The lowest BCUT2D eigenvalue weighted by atomic mass is 10.00. The molecule has 6 nitrogen and oxygen atoms in total. The first kappa shape index (κ1) is 19.1. The van der Waals surface area contributed by atoms with Crippen LogP contribution in [0.1, 0.15) is 55.8 Å². The second-order valence-corrected chi connectivity index (χ2v) is 6.79. The Morgan fingerprint density at radius 2 is 2.07 bits per heavy atom. The van der Waals surface area contributed by atoms with Gasteiger partial charge in [0, 0.05) is 18.7 Å². The van der Waals surface area contributed by atoms with Crippen molar-refractivity contribution in [1.29, 1.82) is 0 Å². The molecule has 1 fully saturated rings. The number of amides is 1. The summed E-state index contributed by atoms with van der Waals surface area (Å²) in [4.78, 5) is 24.1. The van der Waals surface area contributed by atoms with Crippen molar-refractivity contribution in [3.8, 4) is 5.75 Å². The SMILES string of the molecule is CCOc1ccccc1NC(=O)c1cc(N2CCCCC2CC)nc(C)n1. The molecule has 1 unspecified atom stereocenters. The van der Waals surface area contributed by atoms with Crippen molar-refractivity contribution in [2.75, 3.05) is 23.4 Å². The molecule has 0 radical (unpaired) electrons. The number of aryl methyl sites for hydroxylation is 1. The zero-order valence-electron chi connectivity index (χ0n) is 16.4. The average molecular weight is 368 g/mol. The summed E-state index contributed by atoms with van der Waals surface area (Å²) in [5.41, 5.74) is 1.02. The molecule has 1 aliphatic rings. The highest BCUT2D eigenvalue weighted by Gasteiger charge is 2.24. The van der Waals surface area contributed by atoms with Gasteiger partial charge < -0.3 is 15.0 Å². The van der Waals surface area contributed by atoms with Crippen LogP contribution in [0.3, 0.4) is 0 Å². The number of rotatable bonds is 6. The molecular weight excluding hydrogens is 340 g/mol. The van der Waals surface area contributed by atoms with Gasteiger partial charge in [-0.15, -0.1) is 0 Å². The zero-order chi connectivity index (χ0) is 19.2. The molecule has 2 aromatic rings. The van der Waals surface area contributed by atoms with E-state index >= 15 is 0 Å². The van der Waals surface area contributed by atoms with Crippen LogP contribution in [-0.2, 0) is 0 Å². The van der Waals surface area contributed by atoms with E-state index in [0.717, 1.165) is 25.2 Å². The molecule has 0 spiro atoms. The van der Waals surface area contributed by atoms with Crippen LogP contribution in [0.2, 0.25) is 0 Å². The summed E-state index contributed by atoms with van der Waals surface area (Å²) in [6.45, 7) is 7.47. The Morgan fingerprint density at radius 3 is 2.85 bits per heavy atom. The highest BCUT2D eigenvalue weighted by atomic mass is 16.5. The lowest BCUT2D eigenvalue weighted by molar-refractivity contribution is 0.102. The number of piperidine rings is 1.